The van der Waals surface area contributed by atoms with Gasteiger partial charge in [-0.05, 0) is 43.4 Å². The summed E-state index contributed by atoms with van der Waals surface area (Å²) in [6.45, 7) is 2.51. The van der Waals surface area contributed by atoms with E-state index in [9.17, 15) is 18.0 Å². The van der Waals surface area contributed by atoms with Crippen molar-refractivity contribution in [3.63, 3.8) is 0 Å². The number of sulfonamides is 1. The van der Waals surface area contributed by atoms with Gasteiger partial charge in [-0.25, -0.2) is 8.42 Å². The van der Waals surface area contributed by atoms with Crippen LogP contribution in [0.3, 0.4) is 0 Å². The van der Waals surface area contributed by atoms with Crippen LogP contribution < -0.4 is 10.1 Å². The minimum atomic E-state index is -3.64. The van der Waals surface area contributed by atoms with Gasteiger partial charge in [-0.1, -0.05) is 13.3 Å². The summed E-state index contributed by atoms with van der Waals surface area (Å²) in [4.78, 5) is 24.0. The van der Waals surface area contributed by atoms with E-state index in [0.29, 0.717) is 24.8 Å². The number of anilines is 1. The number of esters is 1. The highest BCUT2D eigenvalue weighted by Crippen LogP contribution is 2.38. The number of carbonyl (C=O) groups excluding carboxylic acids is 2. The van der Waals surface area contributed by atoms with Crippen molar-refractivity contribution < 1.29 is 27.5 Å². The highest BCUT2D eigenvalue weighted by molar-refractivity contribution is 7.89. The number of piperidine rings is 1. The van der Waals surface area contributed by atoms with Gasteiger partial charge < -0.3 is 14.8 Å². The summed E-state index contributed by atoms with van der Waals surface area (Å²) in [5.74, 6) is -0.427. The van der Waals surface area contributed by atoms with Crippen molar-refractivity contribution in [2.75, 3.05) is 32.1 Å². The number of nitrogens with one attached hydrogen (secondary N) is 1. The van der Waals surface area contributed by atoms with E-state index in [0.717, 1.165) is 25.7 Å². The Hall–Kier alpha value is -2.13. The fraction of sp³-hybridized carbons (Fsp3) is 0.579. The summed E-state index contributed by atoms with van der Waals surface area (Å²) in [6.07, 6.45) is 3.48. The van der Waals surface area contributed by atoms with E-state index < -0.39 is 22.5 Å². The van der Waals surface area contributed by atoms with Gasteiger partial charge in [0.15, 0.2) is 6.61 Å². The first kappa shape index (κ1) is 20.6. The summed E-state index contributed by atoms with van der Waals surface area (Å²) >= 11 is 0. The second kappa shape index (κ2) is 8.48. The quantitative estimate of drug-likeness (QED) is 0.690. The van der Waals surface area contributed by atoms with Crippen LogP contribution in [0.2, 0.25) is 0 Å². The van der Waals surface area contributed by atoms with Gasteiger partial charge in [-0.15, -0.1) is 0 Å². The Morgan fingerprint density at radius 1 is 1.21 bits per heavy atom. The lowest BCUT2D eigenvalue weighted by molar-refractivity contribution is -0.148. The Bertz CT molecular complexity index is 848. The molecule has 2 aliphatic rings. The number of rotatable bonds is 7. The van der Waals surface area contributed by atoms with Crippen molar-refractivity contribution >= 4 is 27.6 Å². The normalized spacial score (nSPS) is 22.4. The lowest BCUT2D eigenvalue weighted by Gasteiger charge is -2.26. The molecule has 1 aliphatic carbocycles. The molecular weight excluding hydrogens is 384 g/mol. The van der Waals surface area contributed by atoms with Gasteiger partial charge in [-0.2, -0.15) is 4.31 Å². The maximum atomic E-state index is 12.9. The van der Waals surface area contributed by atoms with E-state index in [1.807, 2.05) is 6.92 Å². The van der Waals surface area contributed by atoms with Crippen LogP contribution in [-0.2, 0) is 24.3 Å². The molecule has 0 bridgehead atoms. The molecule has 1 amide bonds. The van der Waals surface area contributed by atoms with Gasteiger partial charge in [0.1, 0.15) is 5.75 Å². The molecule has 0 unspecified atom stereocenters. The molecule has 1 aromatic carbocycles. The Kier molecular flexibility index (Phi) is 6.24. The van der Waals surface area contributed by atoms with E-state index in [1.54, 1.807) is 0 Å². The van der Waals surface area contributed by atoms with E-state index in [4.69, 9.17) is 9.47 Å². The van der Waals surface area contributed by atoms with Crippen molar-refractivity contribution in [2.45, 2.75) is 37.5 Å². The van der Waals surface area contributed by atoms with Crippen LogP contribution in [0.1, 0.15) is 32.6 Å². The third kappa shape index (κ3) is 4.64. The number of benzene rings is 1. The number of carbonyl (C=O) groups is 2. The Morgan fingerprint density at radius 2 is 1.89 bits per heavy atom. The number of ether oxygens (including phenoxy) is 2. The Labute approximate surface area is 165 Å². The highest BCUT2D eigenvalue weighted by atomic mass is 32.2. The minimum Gasteiger partial charge on any atom is -0.495 e. The van der Waals surface area contributed by atoms with Gasteiger partial charge in [0.05, 0.1) is 23.6 Å². The molecule has 8 nitrogen and oxygen atoms in total. The van der Waals surface area contributed by atoms with Gasteiger partial charge in [0, 0.05) is 13.1 Å². The molecule has 2 fully saturated rings. The minimum absolute atomic E-state index is 0.0919. The lowest BCUT2D eigenvalue weighted by atomic mass is 10.2. The summed E-state index contributed by atoms with van der Waals surface area (Å²) in [5, 5.41) is 2.58. The predicted octanol–water partition coefficient (Wildman–Crippen LogP) is 2.01. The summed E-state index contributed by atoms with van der Waals surface area (Å²) in [7, 11) is -2.21. The van der Waals surface area contributed by atoms with Crippen molar-refractivity contribution in [3.05, 3.63) is 18.2 Å². The maximum absolute atomic E-state index is 12.9. The van der Waals surface area contributed by atoms with Gasteiger partial charge in [-0.3, -0.25) is 9.59 Å². The van der Waals surface area contributed by atoms with Crippen LogP contribution in [0.25, 0.3) is 0 Å². The molecule has 0 aromatic heterocycles. The van der Waals surface area contributed by atoms with Crippen molar-refractivity contribution in [1.82, 2.24) is 4.31 Å². The molecule has 1 aromatic rings. The van der Waals surface area contributed by atoms with Crippen LogP contribution in [0.4, 0.5) is 5.69 Å². The number of methoxy groups -OCH3 is 1. The van der Waals surface area contributed by atoms with Crippen LogP contribution in [0, 0.1) is 11.8 Å². The van der Waals surface area contributed by atoms with Gasteiger partial charge in [0.25, 0.3) is 5.91 Å². The molecular formula is C19H26N2O6S. The first-order valence-electron chi connectivity index (χ1n) is 9.47. The second-order valence-corrected chi connectivity index (χ2v) is 9.24. The van der Waals surface area contributed by atoms with E-state index in [2.05, 4.69) is 5.32 Å². The third-order valence-corrected chi connectivity index (χ3v) is 7.05. The molecule has 1 aliphatic heterocycles. The summed E-state index contributed by atoms with van der Waals surface area (Å²) < 4.78 is 37.4. The molecule has 154 valence electrons. The van der Waals surface area contributed by atoms with Crippen LogP contribution in [-0.4, -0.2) is 51.4 Å². The highest BCUT2D eigenvalue weighted by Gasteiger charge is 2.40. The van der Waals surface area contributed by atoms with Gasteiger partial charge >= 0.3 is 5.97 Å². The number of nitrogens with zero attached hydrogens (tertiary/aromatic N) is 1. The van der Waals surface area contributed by atoms with E-state index in [1.165, 1.54) is 29.6 Å². The van der Waals surface area contributed by atoms with Crippen LogP contribution >= 0.6 is 0 Å². The largest absolute Gasteiger partial charge is 0.495 e. The molecule has 9 heteroatoms. The maximum Gasteiger partial charge on any atom is 0.309 e. The number of hydrogen-bond donors (Lipinski definition) is 1. The number of amides is 1. The molecule has 0 spiro atoms. The average Bonchev–Trinajstić information content (AvgIpc) is 3.43. The molecule has 1 saturated heterocycles. The molecule has 3 rings (SSSR count). The zero-order chi connectivity index (χ0) is 20.3. The third-order valence-electron chi connectivity index (χ3n) is 5.16. The zero-order valence-electron chi connectivity index (χ0n) is 16.1. The first-order chi connectivity index (χ1) is 13.3. The number of hydrogen-bond acceptors (Lipinski definition) is 6. The summed E-state index contributed by atoms with van der Waals surface area (Å²) in [5.41, 5.74) is 0.224. The molecule has 2 atom stereocenters. The monoisotopic (exact) mass is 410 g/mol. The fourth-order valence-corrected chi connectivity index (χ4v) is 4.82. The SMILES string of the molecule is COc1ccc(S(=O)(=O)N2CCCCC2)cc1NC(=O)COC(=O)[C@H]1C[C@H]1C. The first-order valence-corrected chi connectivity index (χ1v) is 10.9. The average molecular weight is 410 g/mol. The zero-order valence-corrected chi connectivity index (χ0v) is 17.0. The summed E-state index contributed by atoms with van der Waals surface area (Å²) in [6, 6.07) is 4.35. The van der Waals surface area contributed by atoms with Crippen LogP contribution in [0.15, 0.2) is 23.1 Å². The topological polar surface area (TPSA) is 102 Å². The van der Waals surface area contributed by atoms with E-state index >= 15 is 0 Å². The van der Waals surface area contributed by atoms with Crippen molar-refractivity contribution in [3.8, 4) is 5.75 Å². The second-order valence-electron chi connectivity index (χ2n) is 7.30. The van der Waals surface area contributed by atoms with Crippen molar-refractivity contribution in [2.24, 2.45) is 11.8 Å². The molecule has 1 N–H and O–H groups in total. The smallest absolute Gasteiger partial charge is 0.309 e. The lowest BCUT2D eigenvalue weighted by Crippen LogP contribution is -2.35. The Morgan fingerprint density at radius 3 is 2.50 bits per heavy atom. The Balaban J connectivity index is 1.70. The molecule has 0 radical (unpaired) electrons. The molecule has 1 saturated carbocycles. The van der Waals surface area contributed by atoms with Crippen LogP contribution in [0.5, 0.6) is 5.75 Å². The van der Waals surface area contributed by atoms with Gasteiger partial charge in [0.2, 0.25) is 10.0 Å². The standard InChI is InChI=1S/C19H26N2O6S/c1-13-10-15(13)19(23)27-12-18(22)20-16-11-14(6-7-17(16)26-2)28(24,25)21-8-4-3-5-9-21/h6-7,11,13,15H,3-5,8-10,12H2,1-2H3,(H,20,22)/t13-,15+/m1/s1. The predicted molar refractivity (Wildman–Crippen MR) is 102 cm³/mol. The van der Waals surface area contributed by atoms with Crippen molar-refractivity contribution in [1.29, 1.82) is 0 Å². The van der Waals surface area contributed by atoms with E-state index in [-0.39, 0.29) is 22.5 Å². The fourth-order valence-electron chi connectivity index (χ4n) is 3.28. The molecule has 1 heterocycles. The molecule has 28 heavy (non-hydrogen) atoms.